The summed E-state index contributed by atoms with van der Waals surface area (Å²) < 4.78 is 100. The number of rotatable bonds is 18. The van der Waals surface area contributed by atoms with E-state index in [0.717, 1.165) is 54.3 Å². The van der Waals surface area contributed by atoms with E-state index in [9.17, 15) is 41.0 Å². The number of hydrogen-bond acceptors (Lipinski definition) is 5. The van der Waals surface area contributed by atoms with Crippen LogP contribution in [0.2, 0.25) is 0 Å². The first-order valence-corrected chi connectivity index (χ1v) is 17.8. The summed E-state index contributed by atoms with van der Waals surface area (Å²) in [5.41, 5.74) is -0.384. The predicted octanol–water partition coefficient (Wildman–Crippen LogP) is 10.6. The molecule has 0 fully saturated rings. The molecular formula is C43H39F6NO6. The third kappa shape index (κ3) is 12.1. The molecule has 5 aromatic rings. The van der Waals surface area contributed by atoms with Gasteiger partial charge in [-0.15, -0.1) is 0 Å². The highest BCUT2D eigenvalue weighted by Crippen LogP contribution is 2.44. The Labute approximate surface area is 319 Å². The number of carboxylic acid groups (broad SMARTS) is 1. The summed E-state index contributed by atoms with van der Waals surface area (Å²) in [5.74, 6) is -2.40. The highest BCUT2D eigenvalue weighted by molar-refractivity contribution is 5.97. The van der Waals surface area contributed by atoms with Crippen molar-refractivity contribution in [2.45, 2.75) is 51.2 Å². The first kappa shape index (κ1) is 41.3. The molecular weight excluding hydrogens is 740 g/mol. The number of alkyl halides is 6. The van der Waals surface area contributed by atoms with Gasteiger partial charge in [-0.25, -0.2) is 4.79 Å². The van der Waals surface area contributed by atoms with Crippen LogP contribution in [0.4, 0.5) is 26.3 Å². The number of unbranched alkanes of at least 4 members (excludes halogenated alkanes) is 3. The van der Waals surface area contributed by atoms with Gasteiger partial charge in [0.25, 0.3) is 5.91 Å². The molecule has 0 heterocycles. The third-order valence-corrected chi connectivity index (χ3v) is 8.63. The molecule has 1 amide bonds. The van der Waals surface area contributed by atoms with Crippen molar-refractivity contribution in [2.24, 2.45) is 0 Å². The number of halogens is 6. The van der Waals surface area contributed by atoms with E-state index in [1.165, 1.54) is 36.4 Å². The van der Waals surface area contributed by atoms with Crippen LogP contribution in [0.5, 0.6) is 11.5 Å². The number of carboxylic acids is 1. The van der Waals surface area contributed by atoms with Crippen molar-refractivity contribution in [2.75, 3.05) is 19.8 Å². The van der Waals surface area contributed by atoms with Gasteiger partial charge in [-0.1, -0.05) is 85.6 Å². The molecule has 0 unspecified atom stereocenters. The maximum absolute atomic E-state index is 14.4. The number of nitrogens with one attached hydrogen (secondary N) is 1. The van der Waals surface area contributed by atoms with E-state index in [2.05, 4.69) is 5.32 Å². The maximum Gasteiger partial charge on any atom is 0.420 e. The van der Waals surface area contributed by atoms with Gasteiger partial charge < -0.3 is 24.6 Å². The highest BCUT2D eigenvalue weighted by atomic mass is 19.4. The second-order valence-electron chi connectivity index (χ2n) is 12.9. The Bertz CT molecular complexity index is 2070. The Morgan fingerprint density at radius 3 is 1.98 bits per heavy atom. The van der Waals surface area contributed by atoms with Gasteiger partial charge in [-0.05, 0) is 83.1 Å². The summed E-state index contributed by atoms with van der Waals surface area (Å²) in [4.78, 5) is 24.5. The lowest BCUT2D eigenvalue weighted by Crippen LogP contribution is -2.25. The minimum atomic E-state index is -5.06. The zero-order chi connectivity index (χ0) is 40.1. The fourth-order valence-electron chi connectivity index (χ4n) is 5.82. The van der Waals surface area contributed by atoms with Crippen LogP contribution >= 0.6 is 0 Å². The summed E-state index contributed by atoms with van der Waals surface area (Å²) in [6.07, 6.45) is -6.85. The molecule has 0 radical (unpaired) electrons. The van der Waals surface area contributed by atoms with Crippen molar-refractivity contribution < 1.29 is 55.2 Å². The van der Waals surface area contributed by atoms with Crippen LogP contribution in [0.1, 0.15) is 58.3 Å². The van der Waals surface area contributed by atoms with Gasteiger partial charge in [0, 0.05) is 24.3 Å². The highest BCUT2D eigenvalue weighted by Gasteiger charge is 2.37. The van der Waals surface area contributed by atoms with Crippen LogP contribution < -0.4 is 14.8 Å². The molecule has 7 nitrogen and oxygen atoms in total. The lowest BCUT2D eigenvalue weighted by atomic mass is 9.94. The van der Waals surface area contributed by atoms with E-state index in [1.807, 2.05) is 54.6 Å². The second-order valence-corrected chi connectivity index (χ2v) is 12.9. The van der Waals surface area contributed by atoms with Crippen molar-refractivity contribution in [1.82, 2.24) is 5.32 Å². The fraction of sp³-hybridized carbons (Fsp3) is 0.256. The zero-order valence-electron chi connectivity index (χ0n) is 30.1. The van der Waals surface area contributed by atoms with Gasteiger partial charge in [0.15, 0.2) is 6.61 Å². The van der Waals surface area contributed by atoms with Crippen LogP contribution in [0.3, 0.4) is 0 Å². The van der Waals surface area contributed by atoms with E-state index in [-0.39, 0.29) is 34.4 Å². The number of carbonyl (C=O) groups is 2. The first-order chi connectivity index (χ1) is 26.8. The Kier molecular flexibility index (Phi) is 14.1. The Morgan fingerprint density at radius 1 is 0.625 bits per heavy atom. The van der Waals surface area contributed by atoms with Crippen LogP contribution in [-0.4, -0.2) is 36.7 Å². The first-order valence-electron chi connectivity index (χ1n) is 17.8. The maximum atomic E-state index is 14.4. The number of ether oxygens (including phenoxy) is 3. The Morgan fingerprint density at radius 2 is 1.29 bits per heavy atom. The summed E-state index contributed by atoms with van der Waals surface area (Å²) in [5, 5.41) is 11.8. The topological polar surface area (TPSA) is 94.1 Å². The minimum Gasteiger partial charge on any atom is -0.489 e. The van der Waals surface area contributed by atoms with E-state index in [0.29, 0.717) is 32.3 Å². The van der Waals surface area contributed by atoms with Crippen LogP contribution in [-0.2, 0) is 35.1 Å². The minimum absolute atomic E-state index is 0.0625. The normalized spacial score (nSPS) is 11.6. The largest absolute Gasteiger partial charge is 0.489 e. The molecule has 0 aromatic heterocycles. The standard InChI is InChI=1S/C43H39F6NO6/c44-42(45,46)35-15-9-13-32(23-35)31-12-8-14-33(22-31)37-24-34(25-38(43(47,48)49)40(37)56-28-39(51)52)41(53)50-20-6-1-2-7-21-54-26-30-16-18-36(19-17-30)55-27-29-10-4-3-5-11-29/h3-5,8-19,22-25H,1-2,6-7,20-21,26-28H2,(H,50,53)(H,51,52). The summed E-state index contributed by atoms with van der Waals surface area (Å²) in [6.45, 7) is 0.500. The molecule has 0 spiro atoms. The van der Waals surface area contributed by atoms with Gasteiger partial charge in [-0.2, -0.15) is 26.3 Å². The Hall–Kier alpha value is -5.82. The van der Waals surface area contributed by atoms with E-state index in [1.54, 1.807) is 0 Å². The monoisotopic (exact) mass is 779 g/mol. The molecule has 0 saturated heterocycles. The number of hydrogen-bond donors (Lipinski definition) is 2. The van der Waals surface area contributed by atoms with E-state index < -0.39 is 47.7 Å². The second kappa shape index (κ2) is 19.2. The molecule has 0 atom stereocenters. The Balaban J connectivity index is 1.17. The van der Waals surface area contributed by atoms with Crippen molar-refractivity contribution in [1.29, 1.82) is 0 Å². The van der Waals surface area contributed by atoms with Crippen molar-refractivity contribution in [3.05, 3.63) is 143 Å². The molecule has 56 heavy (non-hydrogen) atoms. The molecule has 294 valence electrons. The van der Waals surface area contributed by atoms with Gasteiger partial charge in [0.1, 0.15) is 18.1 Å². The van der Waals surface area contributed by atoms with Gasteiger partial charge in [0.2, 0.25) is 0 Å². The molecule has 0 bridgehead atoms. The quantitative estimate of drug-likeness (QED) is 0.0679. The third-order valence-electron chi connectivity index (χ3n) is 8.63. The van der Waals surface area contributed by atoms with Gasteiger partial charge >= 0.3 is 18.3 Å². The van der Waals surface area contributed by atoms with Crippen molar-refractivity contribution >= 4 is 11.9 Å². The lowest BCUT2D eigenvalue weighted by Gasteiger charge is -2.19. The molecule has 0 aliphatic heterocycles. The summed E-state index contributed by atoms with van der Waals surface area (Å²) >= 11 is 0. The smallest absolute Gasteiger partial charge is 0.420 e. The summed E-state index contributed by atoms with van der Waals surface area (Å²) in [6, 6.07) is 29.3. The molecule has 5 aromatic carbocycles. The molecule has 2 N–H and O–H groups in total. The zero-order valence-corrected chi connectivity index (χ0v) is 30.1. The molecule has 5 rings (SSSR count). The number of amides is 1. The predicted molar refractivity (Wildman–Crippen MR) is 198 cm³/mol. The molecule has 13 heteroatoms. The van der Waals surface area contributed by atoms with Crippen LogP contribution in [0.25, 0.3) is 22.3 Å². The summed E-state index contributed by atoms with van der Waals surface area (Å²) in [7, 11) is 0. The SMILES string of the molecule is O=C(O)COc1c(-c2cccc(-c3cccc(C(F)(F)F)c3)c2)cc(C(=O)NCCCCCCOCc2ccc(OCc3ccccc3)cc2)cc1C(F)(F)F. The molecule has 0 aliphatic rings. The fourth-order valence-corrected chi connectivity index (χ4v) is 5.82. The number of benzene rings is 5. The number of aliphatic carboxylic acids is 1. The molecule has 0 saturated carbocycles. The van der Waals surface area contributed by atoms with Crippen molar-refractivity contribution in [3.8, 4) is 33.8 Å². The average molecular weight is 780 g/mol. The lowest BCUT2D eigenvalue weighted by molar-refractivity contribution is -0.143. The van der Waals surface area contributed by atoms with Gasteiger partial charge in [0.05, 0.1) is 17.7 Å². The van der Waals surface area contributed by atoms with Crippen molar-refractivity contribution in [3.63, 3.8) is 0 Å². The number of carbonyl (C=O) groups excluding carboxylic acids is 1. The van der Waals surface area contributed by atoms with Crippen LogP contribution in [0, 0.1) is 0 Å². The van der Waals surface area contributed by atoms with E-state index >= 15 is 0 Å². The van der Waals surface area contributed by atoms with E-state index in [4.69, 9.17) is 14.2 Å². The van der Waals surface area contributed by atoms with Crippen LogP contribution in [0.15, 0.2) is 115 Å². The molecule has 0 aliphatic carbocycles. The van der Waals surface area contributed by atoms with Gasteiger partial charge in [-0.3, -0.25) is 4.79 Å². The average Bonchev–Trinajstić information content (AvgIpc) is 3.18.